The Morgan fingerprint density at radius 2 is 2.00 bits per heavy atom. The standard InChI is InChI=1S/C14H18O2/c1-11(2)13(15)14(9-6-10-16-14)12-7-4-3-5-8-12/h3-5,7-8,11H,6,9-10H2,1-2H3. The van der Waals surface area contributed by atoms with Crippen LogP contribution in [0.1, 0.15) is 32.3 Å². The monoisotopic (exact) mass is 218 g/mol. The van der Waals surface area contributed by atoms with Gasteiger partial charge in [0.1, 0.15) is 0 Å². The van der Waals surface area contributed by atoms with Gasteiger partial charge in [0.2, 0.25) is 0 Å². The van der Waals surface area contributed by atoms with E-state index in [0.717, 1.165) is 18.4 Å². The highest BCUT2D eigenvalue weighted by Crippen LogP contribution is 2.38. The number of hydrogen-bond acceptors (Lipinski definition) is 2. The second kappa shape index (κ2) is 4.38. The van der Waals surface area contributed by atoms with Crippen molar-refractivity contribution in [2.45, 2.75) is 32.3 Å². The number of carbonyl (C=O) groups is 1. The molecular weight excluding hydrogens is 200 g/mol. The molecule has 1 saturated heterocycles. The molecule has 2 heteroatoms. The fraction of sp³-hybridized carbons (Fsp3) is 0.500. The maximum absolute atomic E-state index is 12.3. The Balaban J connectivity index is 2.40. The van der Waals surface area contributed by atoms with Gasteiger partial charge in [-0.25, -0.2) is 0 Å². The number of carbonyl (C=O) groups excluding carboxylic acids is 1. The van der Waals surface area contributed by atoms with Crippen LogP contribution in [0.2, 0.25) is 0 Å². The van der Waals surface area contributed by atoms with E-state index in [0.29, 0.717) is 6.61 Å². The molecule has 0 radical (unpaired) electrons. The van der Waals surface area contributed by atoms with Crippen molar-refractivity contribution in [2.75, 3.05) is 6.61 Å². The molecule has 1 aliphatic heterocycles. The first-order valence-electron chi connectivity index (χ1n) is 5.90. The van der Waals surface area contributed by atoms with Gasteiger partial charge in [0.15, 0.2) is 11.4 Å². The van der Waals surface area contributed by atoms with Gasteiger partial charge in [0.05, 0.1) is 0 Å². The van der Waals surface area contributed by atoms with E-state index in [4.69, 9.17) is 4.74 Å². The van der Waals surface area contributed by atoms with Crippen LogP contribution in [0, 0.1) is 5.92 Å². The first kappa shape index (κ1) is 11.3. The summed E-state index contributed by atoms with van der Waals surface area (Å²) >= 11 is 0. The predicted octanol–water partition coefficient (Wildman–Crippen LogP) is 2.92. The summed E-state index contributed by atoms with van der Waals surface area (Å²) in [6.07, 6.45) is 1.78. The zero-order chi connectivity index (χ0) is 11.6. The van der Waals surface area contributed by atoms with Gasteiger partial charge in [-0.15, -0.1) is 0 Å². The number of ether oxygens (including phenoxy) is 1. The number of hydrogen-bond donors (Lipinski definition) is 0. The van der Waals surface area contributed by atoms with Crippen molar-refractivity contribution < 1.29 is 9.53 Å². The number of benzene rings is 1. The van der Waals surface area contributed by atoms with Crippen LogP contribution in [-0.4, -0.2) is 12.4 Å². The van der Waals surface area contributed by atoms with Gasteiger partial charge < -0.3 is 4.74 Å². The Bertz CT molecular complexity index is 362. The third kappa shape index (κ3) is 1.78. The third-order valence-corrected chi connectivity index (χ3v) is 3.18. The van der Waals surface area contributed by atoms with Crippen molar-refractivity contribution >= 4 is 5.78 Å². The van der Waals surface area contributed by atoms with E-state index >= 15 is 0 Å². The molecule has 0 saturated carbocycles. The van der Waals surface area contributed by atoms with Crippen molar-refractivity contribution in [3.05, 3.63) is 35.9 Å². The Labute approximate surface area is 96.6 Å². The second-order valence-electron chi connectivity index (χ2n) is 4.66. The van der Waals surface area contributed by atoms with E-state index in [2.05, 4.69) is 0 Å². The first-order valence-corrected chi connectivity index (χ1v) is 5.90. The maximum atomic E-state index is 12.3. The van der Waals surface area contributed by atoms with Crippen LogP contribution < -0.4 is 0 Å². The summed E-state index contributed by atoms with van der Waals surface area (Å²) in [5.74, 6) is 0.217. The minimum atomic E-state index is -0.671. The zero-order valence-electron chi connectivity index (χ0n) is 9.90. The molecule has 1 aromatic rings. The fourth-order valence-corrected chi connectivity index (χ4v) is 2.38. The molecule has 2 nitrogen and oxygen atoms in total. The van der Waals surface area contributed by atoms with Crippen LogP contribution >= 0.6 is 0 Å². The van der Waals surface area contributed by atoms with Crippen LogP contribution in [0.3, 0.4) is 0 Å². The fourth-order valence-electron chi connectivity index (χ4n) is 2.38. The number of ketones is 1. The van der Waals surface area contributed by atoms with Gasteiger partial charge >= 0.3 is 0 Å². The zero-order valence-corrected chi connectivity index (χ0v) is 9.90. The van der Waals surface area contributed by atoms with Gasteiger partial charge in [-0.2, -0.15) is 0 Å². The molecule has 1 unspecified atom stereocenters. The summed E-state index contributed by atoms with van der Waals surface area (Å²) in [4.78, 5) is 12.3. The molecule has 2 rings (SSSR count). The predicted molar refractivity (Wildman–Crippen MR) is 63.2 cm³/mol. The highest BCUT2D eigenvalue weighted by Gasteiger charge is 2.44. The van der Waals surface area contributed by atoms with Crippen LogP contribution in [0.4, 0.5) is 0 Å². The Morgan fingerprint density at radius 3 is 2.50 bits per heavy atom. The van der Waals surface area contributed by atoms with E-state index in [1.807, 2.05) is 44.2 Å². The van der Waals surface area contributed by atoms with E-state index in [9.17, 15) is 4.79 Å². The van der Waals surface area contributed by atoms with Gasteiger partial charge in [-0.1, -0.05) is 44.2 Å². The third-order valence-electron chi connectivity index (χ3n) is 3.18. The van der Waals surface area contributed by atoms with Crippen LogP contribution in [0.5, 0.6) is 0 Å². The molecular formula is C14H18O2. The maximum Gasteiger partial charge on any atom is 0.171 e. The Morgan fingerprint density at radius 1 is 1.31 bits per heavy atom. The quantitative estimate of drug-likeness (QED) is 0.779. The minimum Gasteiger partial charge on any atom is -0.362 e. The molecule has 0 bridgehead atoms. The van der Waals surface area contributed by atoms with E-state index < -0.39 is 5.60 Å². The normalized spacial score (nSPS) is 24.9. The summed E-state index contributed by atoms with van der Waals surface area (Å²) in [6, 6.07) is 9.88. The van der Waals surface area contributed by atoms with Gasteiger partial charge in [-0.3, -0.25) is 4.79 Å². The van der Waals surface area contributed by atoms with Crippen LogP contribution in [-0.2, 0) is 15.1 Å². The minimum absolute atomic E-state index is 0.0123. The SMILES string of the molecule is CC(C)C(=O)C1(c2ccccc2)CCCO1. The van der Waals surface area contributed by atoms with Crippen molar-refractivity contribution in [2.24, 2.45) is 5.92 Å². The molecule has 1 aromatic carbocycles. The molecule has 86 valence electrons. The molecule has 1 aliphatic rings. The summed E-state index contributed by atoms with van der Waals surface area (Å²) in [5, 5.41) is 0. The van der Waals surface area contributed by atoms with Crippen molar-refractivity contribution in [1.29, 1.82) is 0 Å². The number of Topliss-reactive ketones (excluding diaryl/α,β-unsaturated/α-hetero) is 1. The van der Waals surface area contributed by atoms with E-state index in [1.54, 1.807) is 0 Å². The Hall–Kier alpha value is -1.15. The molecule has 1 heterocycles. The second-order valence-corrected chi connectivity index (χ2v) is 4.66. The lowest BCUT2D eigenvalue weighted by atomic mass is 9.82. The summed E-state index contributed by atoms with van der Waals surface area (Å²) < 4.78 is 5.80. The van der Waals surface area contributed by atoms with Crippen molar-refractivity contribution in [3.63, 3.8) is 0 Å². The molecule has 16 heavy (non-hydrogen) atoms. The summed E-state index contributed by atoms with van der Waals surface area (Å²) in [7, 11) is 0. The van der Waals surface area contributed by atoms with E-state index in [1.165, 1.54) is 0 Å². The lowest BCUT2D eigenvalue weighted by Crippen LogP contribution is -2.38. The smallest absolute Gasteiger partial charge is 0.171 e. The number of rotatable bonds is 3. The average molecular weight is 218 g/mol. The lowest BCUT2D eigenvalue weighted by Gasteiger charge is -2.29. The molecule has 0 aliphatic carbocycles. The highest BCUT2D eigenvalue weighted by molar-refractivity contribution is 5.90. The molecule has 0 spiro atoms. The topological polar surface area (TPSA) is 26.3 Å². The van der Waals surface area contributed by atoms with Crippen LogP contribution in [0.25, 0.3) is 0 Å². The molecule has 0 aromatic heterocycles. The summed E-state index contributed by atoms with van der Waals surface area (Å²) in [6.45, 7) is 4.57. The first-order chi connectivity index (χ1) is 7.67. The van der Waals surface area contributed by atoms with Crippen molar-refractivity contribution in [3.8, 4) is 0 Å². The van der Waals surface area contributed by atoms with Crippen molar-refractivity contribution in [1.82, 2.24) is 0 Å². The van der Waals surface area contributed by atoms with Gasteiger partial charge in [-0.05, 0) is 18.4 Å². The molecule has 0 amide bonds. The van der Waals surface area contributed by atoms with E-state index in [-0.39, 0.29) is 11.7 Å². The largest absolute Gasteiger partial charge is 0.362 e. The molecule has 1 fully saturated rings. The highest BCUT2D eigenvalue weighted by atomic mass is 16.5. The summed E-state index contributed by atoms with van der Waals surface area (Å²) in [5.41, 5.74) is 0.335. The molecule has 0 N–H and O–H groups in total. The molecule has 1 atom stereocenters. The van der Waals surface area contributed by atoms with Gasteiger partial charge in [0.25, 0.3) is 0 Å². The lowest BCUT2D eigenvalue weighted by molar-refractivity contribution is -0.143. The van der Waals surface area contributed by atoms with Gasteiger partial charge in [0, 0.05) is 12.5 Å². The van der Waals surface area contributed by atoms with Crippen LogP contribution in [0.15, 0.2) is 30.3 Å². The average Bonchev–Trinajstić information content (AvgIpc) is 2.79. The Kier molecular flexibility index (Phi) is 3.10.